The third-order valence-electron chi connectivity index (χ3n) is 2.35. The summed E-state index contributed by atoms with van der Waals surface area (Å²) in [5.41, 5.74) is 9.06. The molecule has 1 unspecified atom stereocenters. The Bertz CT molecular complexity index is 339. The van der Waals surface area contributed by atoms with Crippen LogP contribution in [-0.4, -0.2) is 12.5 Å². The molecule has 0 saturated heterocycles. The van der Waals surface area contributed by atoms with Gasteiger partial charge in [-0.15, -0.1) is 0 Å². The van der Waals surface area contributed by atoms with E-state index in [1.807, 2.05) is 30.3 Å². The summed E-state index contributed by atoms with van der Waals surface area (Å²) in [7, 11) is 0. The van der Waals surface area contributed by atoms with Gasteiger partial charge in [0, 0.05) is 0 Å². The van der Waals surface area contributed by atoms with Crippen molar-refractivity contribution in [2.75, 3.05) is 6.61 Å². The molecule has 4 heteroatoms. The first kappa shape index (κ1) is 13.7. The number of amides is 1. The number of rotatable bonds is 7. The van der Waals surface area contributed by atoms with Gasteiger partial charge >= 0.3 is 0 Å². The van der Waals surface area contributed by atoms with Crippen molar-refractivity contribution in [3.05, 3.63) is 35.9 Å². The van der Waals surface area contributed by atoms with Crippen LogP contribution in [-0.2, 0) is 9.63 Å². The van der Waals surface area contributed by atoms with E-state index < -0.39 is 5.91 Å². The molecule has 1 atom stereocenters. The summed E-state index contributed by atoms with van der Waals surface area (Å²) < 4.78 is 0. The number of carbonyl (C=O) groups excluding carboxylic acids is 1. The van der Waals surface area contributed by atoms with Crippen LogP contribution in [0.2, 0.25) is 0 Å². The predicted molar refractivity (Wildman–Crippen MR) is 66.9 cm³/mol. The van der Waals surface area contributed by atoms with Crippen molar-refractivity contribution in [1.82, 2.24) is 5.48 Å². The number of benzene rings is 1. The minimum Gasteiger partial charge on any atom is -0.368 e. The smallest absolute Gasteiger partial charge is 0.245 e. The monoisotopic (exact) mass is 236 g/mol. The maximum atomic E-state index is 10.6. The molecule has 0 aromatic heterocycles. The fraction of sp³-hybridized carbons (Fsp3) is 0.462. The maximum Gasteiger partial charge on any atom is 0.245 e. The largest absolute Gasteiger partial charge is 0.368 e. The van der Waals surface area contributed by atoms with Crippen LogP contribution in [0.4, 0.5) is 0 Å². The van der Waals surface area contributed by atoms with Gasteiger partial charge in [-0.05, 0) is 17.9 Å². The van der Waals surface area contributed by atoms with Crippen LogP contribution in [0.25, 0.3) is 0 Å². The highest BCUT2D eigenvalue weighted by atomic mass is 16.6. The summed E-state index contributed by atoms with van der Waals surface area (Å²) in [4.78, 5) is 15.7. The van der Waals surface area contributed by atoms with E-state index in [0.29, 0.717) is 5.92 Å². The van der Waals surface area contributed by atoms with Gasteiger partial charge in [0.05, 0.1) is 6.04 Å². The Morgan fingerprint density at radius 1 is 1.35 bits per heavy atom. The summed E-state index contributed by atoms with van der Waals surface area (Å²) in [6.07, 6.45) is 0.933. The molecule has 0 saturated carbocycles. The highest BCUT2D eigenvalue weighted by molar-refractivity contribution is 5.74. The molecule has 0 aliphatic heterocycles. The molecule has 0 radical (unpaired) electrons. The van der Waals surface area contributed by atoms with Crippen LogP contribution in [0.3, 0.4) is 0 Å². The van der Waals surface area contributed by atoms with Gasteiger partial charge in [0.1, 0.15) is 6.61 Å². The molecule has 1 aromatic carbocycles. The first-order chi connectivity index (χ1) is 8.09. The van der Waals surface area contributed by atoms with Crippen molar-refractivity contribution in [1.29, 1.82) is 0 Å². The van der Waals surface area contributed by atoms with Gasteiger partial charge in [0.2, 0.25) is 5.91 Å². The third-order valence-corrected chi connectivity index (χ3v) is 2.35. The number of hydrogen-bond acceptors (Lipinski definition) is 3. The Labute approximate surface area is 102 Å². The van der Waals surface area contributed by atoms with Gasteiger partial charge in [-0.25, -0.2) is 0 Å². The second-order valence-corrected chi connectivity index (χ2v) is 4.47. The molecule has 0 bridgehead atoms. The van der Waals surface area contributed by atoms with E-state index in [9.17, 15) is 4.79 Å². The molecule has 4 nitrogen and oxygen atoms in total. The van der Waals surface area contributed by atoms with E-state index in [2.05, 4.69) is 19.3 Å². The topological polar surface area (TPSA) is 64.3 Å². The summed E-state index contributed by atoms with van der Waals surface area (Å²) in [6, 6.07) is 10.1. The van der Waals surface area contributed by atoms with Crippen molar-refractivity contribution >= 4 is 5.91 Å². The summed E-state index contributed by atoms with van der Waals surface area (Å²) in [5.74, 6) is 0.0544. The van der Waals surface area contributed by atoms with Gasteiger partial charge < -0.3 is 5.73 Å². The second-order valence-electron chi connectivity index (χ2n) is 4.47. The molecule has 0 fully saturated rings. The average Bonchev–Trinajstić information content (AvgIpc) is 2.28. The lowest BCUT2D eigenvalue weighted by Gasteiger charge is -2.20. The number of carbonyl (C=O) groups is 1. The molecule has 0 aliphatic rings. The Balaban J connectivity index is 2.58. The number of hydroxylamine groups is 1. The molecule has 3 N–H and O–H groups in total. The molecule has 17 heavy (non-hydrogen) atoms. The van der Waals surface area contributed by atoms with Crippen molar-refractivity contribution in [3.8, 4) is 0 Å². The van der Waals surface area contributed by atoms with E-state index in [4.69, 9.17) is 10.6 Å². The minimum absolute atomic E-state index is 0.0792. The molecule has 1 amide bonds. The molecule has 94 valence electrons. The second kappa shape index (κ2) is 7.04. The summed E-state index contributed by atoms with van der Waals surface area (Å²) in [5, 5.41) is 0. The lowest BCUT2D eigenvalue weighted by Crippen LogP contribution is -2.28. The first-order valence-electron chi connectivity index (χ1n) is 5.80. The van der Waals surface area contributed by atoms with Crippen molar-refractivity contribution in [2.45, 2.75) is 26.3 Å². The number of nitrogens with one attached hydrogen (secondary N) is 1. The number of hydrogen-bond donors (Lipinski definition) is 2. The van der Waals surface area contributed by atoms with Crippen molar-refractivity contribution in [3.63, 3.8) is 0 Å². The maximum absolute atomic E-state index is 10.6. The fourth-order valence-corrected chi connectivity index (χ4v) is 1.62. The zero-order valence-electron chi connectivity index (χ0n) is 10.3. The summed E-state index contributed by atoms with van der Waals surface area (Å²) in [6.45, 7) is 4.18. The molecule has 0 heterocycles. The van der Waals surface area contributed by atoms with Crippen LogP contribution in [0, 0.1) is 5.92 Å². The van der Waals surface area contributed by atoms with E-state index in [-0.39, 0.29) is 12.6 Å². The standard InChI is InChI=1S/C13H20N2O2/c1-10(2)8-12(15-17-9-13(14)16)11-6-4-3-5-7-11/h3-7,10,12,15H,8-9H2,1-2H3,(H2,14,16). The van der Waals surface area contributed by atoms with Crippen LogP contribution in [0.1, 0.15) is 31.9 Å². The third kappa shape index (κ3) is 5.47. The Morgan fingerprint density at radius 2 is 2.00 bits per heavy atom. The van der Waals surface area contributed by atoms with Gasteiger partial charge in [0.15, 0.2) is 0 Å². The molecular weight excluding hydrogens is 216 g/mol. The Hall–Kier alpha value is -1.39. The molecule has 0 aliphatic carbocycles. The average molecular weight is 236 g/mol. The SMILES string of the molecule is CC(C)CC(NOCC(N)=O)c1ccccc1. The fourth-order valence-electron chi connectivity index (χ4n) is 1.62. The Morgan fingerprint density at radius 3 is 2.53 bits per heavy atom. The molecule has 1 rings (SSSR count). The minimum atomic E-state index is -0.478. The highest BCUT2D eigenvalue weighted by Crippen LogP contribution is 2.20. The predicted octanol–water partition coefficient (Wildman–Crippen LogP) is 1.78. The number of nitrogens with two attached hydrogens (primary N) is 1. The highest BCUT2D eigenvalue weighted by Gasteiger charge is 2.13. The molecule has 1 aromatic rings. The van der Waals surface area contributed by atoms with E-state index >= 15 is 0 Å². The lowest BCUT2D eigenvalue weighted by atomic mass is 9.98. The van der Waals surface area contributed by atoms with E-state index in [1.165, 1.54) is 0 Å². The first-order valence-corrected chi connectivity index (χ1v) is 5.80. The van der Waals surface area contributed by atoms with E-state index in [1.54, 1.807) is 0 Å². The lowest BCUT2D eigenvalue weighted by molar-refractivity contribution is -0.126. The van der Waals surface area contributed by atoms with Crippen LogP contribution in [0.5, 0.6) is 0 Å². The van der Waals surface area contributed by atoms with Crippen molar-refractivity contribution < 1.29 is 9.63 Å². The van der Waals surface area contributed by atoms with Crippen LogP contribution >= 0.6 is 0 Å². The zero-order chi connectivity index (χ0) is 12.7. The van der Waals surface area contributed by atoms with Gasteiger partial charge in [0.25, 0.3) is 0 Å². The zero-order valence-corrected chi connectivity index (χ0v) is 10.3. The molecular formula is C13H20N2O2. The van der Waals surface area contributed by atoms with Gasteiger partial charge in [-0.2, -0.15) is 5.48 Å². The van der Waals surface area contributed by atoms with Gasteiger partial charge in [-0.3, -0.25) is 9.63 Å². The quantitative estimate of drug-likeness (QED) is 0.709. The van der Waals surface area contributed by atoms with Crippen molar-refractivity contribution in [2.24, 2.45) is 11.7 Å². The normalized spacial score (nSPS) is 12.6. The van der Waals surface area contributed by atoms with Gasteiger partial charge in [-0.1, -0.05) is 44.2 Å². The van der Waals surface area contributed by atoms with Crippen LogP contribution < -0.4 is 11.2 Å². The van der Waals surface area contributed by atoms with E-state index in [0.717, 1.165) is 12.0 Å². The molecule has 0 spiro atoms. The summed E-state index contributed by atoms with van der Waals surface area (Å²) >= 11 is 0. The number of primary amides is 1. The Kier molecular flexibility index (Phi) is 5.66. The van der Waals surface area contributed by atoms with Crippen LogP contribution in [0.15, 0.2) is 30.3 Å².